The van der Waals surface area contributed by atoms with E-state index in [1.807, 2.05) is 0 Å². The molecular weight excluding hydrogens is 233 g/mol. The molecule has 0 radical (unpaired) electrons. The highest BCUT2D eigenvalue weighted by molar-refractivity contribution is 5.37. The van der Waals surface area contributed by atoms with E-state index in [1.165, 1.54) is 6.07 Å². The zero-order valence-corrected chi connectivity index (χ0v) is 10.9. The Labute approximate surface area is 107 Å². The van der Waals surface area contributed by atoms with Crippen LogP contribution in [0.25, 0.3) is 0 Å². The molecule has 0 bridgehead atoms. The first-order chi connectivity index (χ1) is 8.69. The Morgan fingerprint density at radius 3 is 3.17 bits per heavy atom. The summed E-state index contributed by atoms with van der Waals surface area (Å²) in [5.74, 6) is 0.618. The molecular formula is C14H20FNO2. The number of ether oxygens (including phenoxy) is 2. The minimum absolute atomic E-state index is 0.104. The van der Waals surface area contributed by atoms with Gasteiger partial charge in [0, 0.05) is 38.3 Å². The average molecular weight is 253 g/mol. The Morgan fingerprint density at radius 2 is 2.39 bits per heavy atom. The van der Waals surface area contributed by atoms with E-state index in [0.717, 1.165) is 37.3 Å². The van der Waals surface area contributed by atoms with Gasteiger partial charge in [0.1, 0.15) is 17.7 Å². The first-order valence-corrected chi connectivity index (χ1v) is 6.36. The van der Waals surface area contributed by atoms with Gasteiger partial charge in [-0.1, -0.05) is 0 Å². The second-order valence-corrected chi connectivity index (χ2v) is 4.79. The highest BCUT2D eigenvalue weighted by Gasteiger charge is 2.23. The summed E-state index contributed by atoms with van der Waals surface area (Å²) in [4.78, 5) is 0. The maximum Gasteiger partial charge on any atom is 0.123 e. The van der Waals surface area contributed by atoms with Crippen LogP contribution < -0.4 is 10.1 Å². The number of hydrogen-bond acceptors (Lipinski definition) is 3. The number of rotatable bonds is 6. The lowest BCUT2D eigenvalue weighted by molar-refractivity contribution is 0.177. The molecule has 0 aromatic heterocycles. The smallest absolute Gasteiger partial charge is 0.123 e. The van der Waals surface area contributed by atoms with Crippen molar-refractivity contribution in [2.75, 3.05) is 20.3 Å². The third-order valence-corrected chi connectivity index (χ3v) is 3.21. The van der Waals surface area contributed by atoms with Crippen molar-refractivity contribution < 1.29 is 13.9 Å². The van der Waals surface area contributed by atoms with Crippen LogP contribution in [0.2, 0.25) is 0 Å². The van der Waals surface area contributed by atoms with Crippen molar-refractivity contribution in [3.8, 4) is 5.75 Å². The molecule has 1 aromatic carbocycles. The first-order valence-electron chi connectivity index (χ1n) is 6.36. The number of hydrogen-bond donors (Lipinski definition) is 1. The fraction of sp³-hybridized carbons (Fsp3) is 0.571. The van der Waals surface area contributed by atoms with E-state index in [-0.39, 0.29) is 11.9 Å². The zero-order valence-electron chi connectivity index (χ0n) is 10.9. The Bertz CT molecular complexity index is 397. The van der Waals surface area contributed by atoms with E-state index in [9.17, 15) is 4.39 Å². The molecule has 0 amide bonds. The van der Waals surface area contributed by atoms with Crippen molar-refractivity contribution in [3.63, 3.8) is 0 Å². The highest BCUT2D eigenvalue weighted by Crippen LogP contribution is 2.28. The maximum atomic E-state index is 13.1. The van der Waals surface area contributed by atoms with Gasteiger partial charge in [-0.3, -0.25) is 0 Å². The van der Waals surface area contributed by atoms with Gasteiger partial charge in [-0.05, 0) is 31.5 Å². The van der Waals surface area contributed by atoms with Crippen LogP contribution in [-0.4, -0.2) is 32.4 Å². The molecule has 0 aliphatic carbocycles. The van der Waals surface area contributed by atoms with Gasteiger partial charge in [0.2, 0.25) is 0 Å². The van der Waals surface area contributed by atoms with Gasteiger partial charge < -0.3 is 14.8 Å². The van der Waals surface area contributed by atoms with E-state index < -0.39 is 0 Å². The number of fused-ring (bicyclic) bond motifs is 1. The van der Waals surface area contributed by atoms with Crippen LogP contribution in [0.15, 0.2) is 18.2 Å². The summed E-state index contributed by atoms with van der Waals surface area (Å²) in [7, 11) is 1.71. The van der Waals surface area contributed by atoms with Crippen molar-refractivity contribution in [1.82, 2.24) is 5.32 Å². The van der Waals surface area contributed by atoms with Crippen molar-refractivity contribution in [2.24, 2.45) is 0 Å². The molecule has 100 valence electrons. The SMILES string of the molecule is COCCC(C)NCC1Cc2cc(F)ccc2O1. The largest absolute Gasteiger partial charge is 0.488 e. The minimum Gasteiger partial charge on any atom is -0.488 e. The van der Waals surface area contributed by atoms with E-state index in [2.05, 4.69) is 12.2 Å². The molecule has 0 spiro atoms. The van der Waals surface area contributed by atoms with Crippen molar-refractivity contribution in [3.05, 3.63) is 29.6 Å². The Hall–Kier alpha value is -1.13. The molecule has 3 nitrogen and oxygen atoms in total. The molecule has 2 rings (SSSR count). The Balaban J connectivity index is 1.77. The molecule has 1 aliphatic rings. The van der Waals surface area contributed by atoms with E-state index >= 15 is 0 Å². The summed E-state index contributed by atoms with van der Waals surface area (Å²) in [6, 6.07) is 5.10. The Morgan fingerprint density at radius 1 is 1.56 bits per heavy atom. The third kappa shape index (κ3) is 3.43. The standard InChI is InChI=1S/C14H20FNO2/c1-10(5-6-17-2)16-9-13-8-11-7-12(15)3-4-14(11)18-13/h3-4,7,10,13,16H,5-6,8-9H2,1-2H3. The van der Waals surface area contributed by atoms with Crippen LogP contribution >= 0.6 is 0 Å². The van der Waals surface area contributed by atoms with Gasteiger partial charge in [-0.2, -0.15) is 0 Å². The molecule has 1 heterocycles. The quantitative estimate of drug-likeness (QED) is 0.842. The van der Waals surface area contributed by atoms with Crippen LogP contribution in [-0.2, 0) is 11.2 Å². The summed E-state index contributed by atoms with van der Waals surface area (Å²) in [6.45, 7) is 3.66. The molecule has 0 saturated carbocycles. The summed E-state index contributed by atoms with van der Waals surface area (Å²) in [5, 5.41) is 3.41. The monoisotopic (exact) mass is 253 g/mol. The molecule has 1 N–H and O–H groups in total. The normalized spacial score (nSPS) is 19.4. The number of nitrogens with one attached hydrogen (secondary N) is 1. The first kappa shape index (κ1) is 13.3. The Kier molecular flexibility index (Phi) is 4.55. The van der Waals surface area contributed by atoms with Crippen molar-refractivity contribution in [1.29, 1.82) is 0 Å². The van der Waals surface area contributed by atoms with Crippen LogP contribution in [0.1, 0.15) is 18.9 Å². The van der Waals surface area contributed by atoms with Gasteiger partial charge in [-0.15, -0.1) is 0 Å². The van der Waals surface area contributed by atoms with E-state index in [4.69, 9.17) is 9.47 Å². The zero-order chi connectivity index (χ0) is 13.0. The molecule has 18 heavy (non-hydrogen) atoms. The van der Waals surface area contributed by atoms with E-state index in [1.54, 1.807) is 19.2 Å². The fourth-order valence-corrected chi connectivity index (χ4v) is 2.13. The van der Waals surface area contributed by atoms with Crippen LogP contribution in [0.3, 0.4) is 0 Å². The van der Waals surface area contributed by atoms with Gasteiger partial charge in [0.05, 0.1) is 0 Å². The molecule has 1 aromatic rings. The maximum absolute atomic E-state index is 13.1. The van der Waals surface area contributed by atoms with E-state index in [0.29, 0.717) is 6.04 Å². The molecule has 2 atom stereocenters. The van der Waals surface area contributed by atoms with Crippen molar-refractivity contribution in [2.45, 2.75) is 31.9 Å². The third-order valence-electron chi connectivity index (χ3n) is 3.21. The summed E-state index contributed by atoms with van der Waals surface area (Å²) < 4.78 is 23.8. The van der Waals surface area contributed by atoms with Gasteiger partial charge in [0.25, 0.3) is 0 Å². The summed E-state index contributed by atoms with van der Waals surface area (Å²) in [6.07, 6.45) is 1.86. The molecule has 2 unspecified atom stereocenters. The predicted octanol–water partition coefficient (Wildman–Crippen LogP) is 2.14. The summed E-state index contributed by atoms with van der Waals surface area (Å²) >= 11 is 0. The molecule has 1 aliphatic heterocycles. The second-order valence-electron chi connectivity index (χ2n) is 4.79. The molecule has 0 fully saturated rings. The van der Waals surface area contributed by atoms with Crippen LogP contribution in [0, 0.1) is 5.82 Å². The fourth-order valence-electron chi connectivity index (χ4n) is 2.13. The number of methoxy groups -OCH3 is 1. The topological polar surface area (TPSA) is 30.5 Å². The van der Waals surface area contributed by atoms with Crippen LogP contribution in [0.4, 0.5) is 4.39 Å². The van der Waals surface area contributed by atoms with Gasteiger partial charge >= 0.3 is 0 Å². The lowest BCUT2D eigenvalue weighted by Gasteiger charge is -2.16. The highest BCUT2D eigenvalue weighted by atomic mass is 19.1. The molecule has 0 saturated heterocycles. The second kappa shape index (κ2) is 6.16. The predicted molar refractivity (Wildman–Crippen MR) is 68.5 cm³/mol. The lowest BCUT2D eigenvalue weighted by Crippen LogP contribution is -2.36. The minimum atomic E-state index is -0.195. The van der Waals surface area contributed by atoms with Gasteiger partial charge in [0.15, 0.2) is 0 Å². The van der Waals surface area contributed by atoms with Gasteiger partial charge in [-0.25, -0.2) is 4.39 Å². The molecule has 4 heteroatoms. The lowest BCUT2D eigenvalue weighted by atomic mass is 10.1. The number of halogens is 1. The summed E-state index contributed by atoms with van der Waals surface area (Å²) in [5.41, 5.74) is 0.964. The average Bonchev–Trinajstić information content (AvgIpc) is 2.75. The van der Waals surface area contributed by atoms with Crippen molar-refractivity contribution >= 4 is 0 Å². The van der Waals surface area contributed by atoms with Crippen LogP contribution in [0.5, 0.6) is 5.75 Å². The number of benzene rings is 1.